The highest BCUT2D eigenvalue weighted by Gasteiger charge is 2.13. The van der Waals surface area contributed by atoms with Gasteiger partial charge in [-0.1, -0.05) is 24.8 Å². The number of aromatic nitrogens is 3. The summed E-state index contributed by atoms with van der Waals surface area (Å²) in [6.07, 6.45) is 4.14. The van der Waals surface area contributed by atoms with Crippen molar-refractivity contribution in [2.24, 2.45) is 0 Å². The Kier molecular flexibility index (Phi) is 5.76. The number of hydrogen-bond acceptors (Lipinski definition) is 6. The molecule has 7 nitrogen and oxygen atoms in total. The third-order valence-corrected chi connectivity index (χ3v) is 5.31. The molecule has 0 saturated carbocycles. The zero-order valence-electron chi connectivity index (χ0n) is 16.2. The van der Waals surface area contributed by atoms with Crippen LogP contribution < -0.4 is 10.6 Å². The standard InChI is InChI=1S/C22H21N5O2S/c1-2-15-13-25-27-20(23-9-5-10-24-22(29)16-8-11-30-14-16)12-18(26-21(15)27)17-6-3-4-7-19(17)28/h2-4,6-8,11-14,23,28H,1,5,9-10H2,(H,24,29). The highest BCUT2D eigenvalue weighted by Crippen LogP contribution is 2.30. The van der Waals surface area contributed by atoms with Gasteiger partial charge in [0.15, 0.2) is 5.65 Å². The monoisotopic (exact) mass is 419 g/mol. The molecular formula is C22H21N5O2S. The van der Waals surface area contributed by atoms with Crippen LogP contribution in [0.1, 0.15) is 22.3 Å². The molecule has 0 saturated heterocycles. The Morgan fingerprint density at radius 2 is 2.13 bits per heavy atom. The molecule has 0 fully saturated rings. The maximum absolute atomic E-state index is 12.0. The summed E-state index contributed by atoms with van der Waals surface area (Å²) in [5.74, 6) is 0.846. The second-order valence-corrected chi connectivity index (χ2v) is 7.41. The number of fused-ring (bicyclic) bond motifs is 1. The molecule has 152 valence electrons. The Morgan fingerprint density at radius 1 is 1.27 bits per heavy atom. The van der Waals surface area contributed by atoms with Crippen LogP contribution in [0.15, 0.2) is 59.9 Å². The molecule has 0 radical (unpaired) electrons. The number of nitrogens with one attached hydrogen (secondary N) is 2. The first kappa shape index (κ1) is 19.7. The average molecular weight is 420 g/mol. The first-order chi connectivity index (χ1) is 14.7. The van der Waals surface area contributed by atoms with E-state index in [9.17, 15) is 9.90 Å². The van der Waals surface area contributed by atoms with E-state index in [0.29, 0.717) is 35.6 Å². The summed E-state index contributed by atoms with van der Waals surface area (Å²) >= 11 is 1.50. The Balaban J connectivity index is 1.50. The van der Waals surface area contributed by atoms with Gasteiger partial charge < -0.3 is 15.7 Å². The largest absolute Gasteiger partial charge is 0.507 e. The average Bonchev–Trinajstić information content (AvgIpc) is 3.43. The van der Waals surface area contributed by atoms with E-state index in [1.165, 1.54) is 11.3 Å². The van der Waals surface area contributed by atoms with E-state index < -0.39 is 0 Å². The van der Waals surface area contributed by atoms with Crippen molar-refractivity contribution >= 4 is 34.8 Å². The number of carbonyl (C=O) groups excluding carboxylic acids is 1. The second kappa shape index (κ2) is 8.79. The third-order valence-electron chi connectivity index (χ3n) is 4.63. The zero-order valence-corrected chi connectivity index (χ0v) is 17.0. The Hall–Kier alpha value is -3.65. The van der Waals surface area contributed by atoms with Gasteiger partial charge in [-0.3, -0.25) is 4.79 Å². The van der Waals surface area contributed by atoms with E-state index in [2.05, 4.69) is 27.3 Å². The van der Waals surface area contributed by atoms with Gasteiger partial charge in [-0.25, -0.2) is 4.98 Å². The molecule has 4 rings (SSSR count). The van der Waals surface area contributed by atoms with E-state index in [-0.39, 0.29) is 11.7 Å². The number of amides is 1. The molecule has 30 heavy (non-hydrogen) atoms. The van der Waals surface area contributed by atoms with Gasteiger partial charge in [0.25, 0.3) is 5.91 Å². The second-order valence-electron chi connectivity index (χ2n) is 6.63. The van der Waals surface area contributed by atoms with Gasteiger partial charge in [-0.05, 0) is 30.0 Å². The molecule has 0 unspecified atom stereocenters. The van der Waals surface area contributed by atoms with Crippen LogP contribution in [-0.4, -0.2) is 38.7 Å². The molecule has 0 aliphatic carbocycles. The number of hydrogen-bond donors (Lipinski definition) is 3. The number of rotatable bonds is 8. The van der Waals surface area contributed by atoms with E-state index in [1.807, 2.05) is 29.0 Å². The van der Waals surface area contributed by atoms with E-state index in [1.54, 1.807) is 35.0 Å². The predicted molar refractivity (Wildman–Crippen MR) is 120 cm³/mol. The van der Waals surface area contributed by atoms with Crippen LogP contribution in [0.25, 0.3) is 23.0 Å². The molecule has 3 N–H and O–H groups in total. The van der Waals surface area contributed by atoms with E-state index >= 15 is 0 Å². The lowest BCUT2D eigenvalue weighted by atomic mass is 10.1. The lowest BCUT2D eigenvalue weighted by molar-refractivity contribution is 0.0954. The lowest BCUT2D eigenvalue weighted by Gasteiger charge is -2.12. The van der Waals surface area contributed by atoms with Crippen molar-refractivity contribution in [1.82, 2.24) is 19.9 Å². The minimum Gasteiger partial charge on any atom is -0.507 e. The number of para-hydroxylation sites is 1. The molecule has 0 aliphatic rings. The fraction of sp³-hybridized carbons (Fsp3) is 0.136. The summed E-state index contributed by atoms with van der Waals surface area (Å²) in [6.45, 7) is 5.01. The van der Waals surface area contributed by atoms with Crippen LogP contribution in [0.4, 0.5) is 5.82 Å². The van der Waals surface area contributed by atoms with Crippen LogP contribution in [0, 0.1) is 0 Å². The molecular weight excluding hydrogens is 398 g/mol. The van der Waals surface area contributed by atoms with Crippen molar-refractivity contribution in [2.75, 3.05) is 18.4 Å². The highest BCUT2D eigenvalue weighted by atomic mass is 32.1. The summed E-state index contributed by atoms with van der Waals surface area (Å²) in [6, 6.07) is 10.7. The van der Waals surface area contributed by atoms with Crippen molar-refractivity contribution in [3.63, 3.8) is 0 Å². The smallest absolute Gasteiger partial charge is 0.252 e. The number of anilines is 1. The molecule has 0 bridgehead atoms. The third kappa shape index (κ3) is 4.04. The van der Waals surface area contributed by atoms with Crippen molar-refractivity contribution in [1.29, 1.82) is 0 Å². The topological polar surface area (TPSA) is 91.5 Å². The van der Waals surface area contributed by atoms with Crippen LogP contribution in [0.5, 0.6) is 5.75 Å². The summed E-state index contributed by atoms with van der Waals surface area (Å²) in [4.78, 5) is 16.7. The van der Waals surface area contributed by atoms with Crippen LogP contribution in [0.3, 0.4) is 0 Å². The molecule has 0 atom stereocenters. The Bertz CT molecular complexity index is 1180. The van der Waals surface area contributed by atoms with Crippen LogP contribution >= 0.6 is 11.3 Å². The summed E-state index contributed by atoms with van der Waals surface area (Å²) in [7, 11) is 0. The number of nitrogens with zero attached hydrogens (tertiary/aromatic N) is 3. The van der Waals surface area contributed by atoms with Gasteiger partial charge in [-0.2, -0.15) is 21.0 Å². The molecule has 4 aromatic rings. The Morgan fingerprint density at radius 3 is 2.90 bits per heavy atom. The lowest BCUT2D eigenvalue weighted by Crippen LogP contribution is -2.25. The first-order valence-electron chi connectivity index (χ1n) is 9.51. The fourth-order valence-electron chi connectivity index (χ4n) is 3.08. The maximum atomic E-state index is 12.0. The number of aromatic hydroxyl groups is 1. The molecule has 3 aromatic heterocycles. The molecule has 1 aromatic carbocycles. The van der Waals surface area contributed by atoms with Gasteiger partial charge in [-0.15, -0.1) is 0 Å². The Labute approximate surface area is 177 Å². The number of phenols is 1. The van der Waals surface area contributed by atoms with Crippen molar-refractivity contribution < 1.29 is 9.90 Å². The van der Waals surface area contributed by atoms with Gasteiger partial charge in [0.2, 0.25) is 0 Å². The van der Waals surface area contributed by atoms with E-state index in [0.717, 1.165) is 17.8 Å². The minimum atomic E-state index is -0.0629. The van der Waals surface area contributed by atoms with E-state index in [4.69, 9.17) is 0 Å². The minimum absolute atomic E-state index is 0.0629. The first-order valence-corrected chi connectivity index (χ1v) is 10.5. The number of phenolic OH excluding ortho intramolecular Hbond substituents is 1. The van der Waals surface area contributed by atoms with Crippen molar-refractivity contribution in [3.8, 4) is 17.0 Å². The van der Waals surface area contributed by atoms with Gasteiger partial charge >= 0.3 is 0 Å². The number of benzene rings is 1. The molecule has 8 heteroatoms. The van der Waals surface area contributed by atoms with Crippen molar-refractivity contribution in [2.45, 2.75) is 6.42 Å². The quantitative estimate of drug-likeness (QED) is 0.375. The SMILES string of the molecule is C=Cc1cnn2c(NCCCNC(=O)c3ccsc3)cc(-c3ccccc3O)nc12. The maximum Gasteiger partial charge on any atom is 0.252 e. The van der Waals surface area contributed by atoms with Crippen molar-refractivity contribution in [3.05, 3.63) is 71.1 Å². The molecule has 0 spiro atoms. The normalized spacial score (nSPS) is 10.8. The summed E-state index contributed by atoms with van der Waals surface area (Å²) < 4.78 is 1.71. The molecule has 1 amide bonds. The van der Waals surface area contributed by atoms with Crippen LogP contribution in [0.2, 0.25) is 0 Å². The highest BCUT2D eigenvalue weighted by molar-refractivity contribution is 7.08. The summed E-state index contributed by atoms with van der Waals surface area (Å²) in [5.41, 5.74) is 3.42. The number of thiophene rings is 1. The summed E-state index contributed by atoms with van der Waals surface area (Å²) in [5, 5.41) is 24.6. The number of carbonyl (C=O) groups is 1. The zero-order chi connectivity index (χ0) is 20.9. The fourth-order valence-corrected chi connectivity index (χ4v) is 3.72. The molecule has 3 heterocycles. The molecule has 0 aliphatic heterocycles. The van der Waals surface area contributed by atoms with Gasteiger partial charge in [0, 0.05) is 41.2 Å². The predicted octanol–water partition coefficient (Wildman–Crippen LogP) is 4.04. The van der Waals surface area contributed by atoms with Crippen LogP contribution in [-0.2, 0) is 0 Å². The van der Waals surface area contributed by atoms with Gasteiger partial charge in [0.1, 0.15) is 11.6 Å². The van der Waals surface area contributed by atoms with Gasteiger partial charge in [0.05, 0.1) is 11.9 Å².